The number of H-pyrrole nitrogens is 1. The van der Waals surface area contributed by atoms with E-state index in [0.717, 1.165) is 18.7 Å². The third kappa shape index (κ3) is 3.65. The van der Waals surface area contributed by atoms with Crippen molar-refractivity contribution < 1.29 is 4.79 Å². The first kappa shape index (κ1) is 16.7. The Labute approximate surface area is 143 Å². The number of hydrogen-bond acceptors (Lipinski definition) is 6. The van der Waals surface area contributed by atoms with E-state index >= 15 is 0 Å². The number of rotatable bonds is 5. The van der Waals surface area contributed by atoms with E-state index < -0.39 is 0 Å². The Kier molecular flexibility index (Phi) is 5.27. The molecule has 126 valence electrons. The predicted molar refractivity (Wildman–Crippen MR) is 94.1 cm³/mol. The van der Waals surface area contributed by atoms with Gasteiger partial charge in [-0.2, -0.15) is 0 Å². The van der Waals surface area contributed by atoms with E-state index in [2.05, 4.69) is 25.8 Å². The Morgan fingerprint density at radius 2 is 2.21 bits per heavy atom. The maximum atomic E-state index is 12.3. The van der Waals surface area contributed by atoms with E-state index in [4.69, 9.17) is 0 Å². The maximum Gasteiger partial charge on any atom is 0.278 e. The smallest absolute Gasteiger partial charge is 0.278 e. The molecule has 0 unspecified atom stereocenters. The van der Waals surface area contributed by atoms with Gasteiger partial charge in [0, 0.05) is 12.1 Å². The molecule has 1 atom stereocenters. The van der Waals surface area contributed by atoms with Crippen LogP contribution >= 0.6 is 11.8 Å². The molecule has 3 N–H and O–H groups in total. The molecule has 7 nitrogen and oxygen atoms in total. The fourth-order valence-electron chi connectivity index (χ4n) is 2.61. The second kappa shape index (κ2) is 7.59. The van der Waals surface area contributed by atoms with Crippen LogP contribution in [-0.2, 0) is 4.79 Å². The van der Waals surface area contributed by atoms with Crippen molar-refractivity contribution in [3.8, 4) is 11.3 Å². The molecule has 2 aromatic rings. The summed E-state index contributed by atoms with van der Waals surface area (Å²) in [5, 5.41) is 14.7. The summed E-state index contributed by atoms with van der Waals surface area (Å²) < 4.78 is 0. The van der Waals surface area contributed by atoms with Gasteiger partial charge in [-0.15, -0.1) is 10.2 Å². The van der Waals surface area contributed by atoms with Crippen molar-refractivity contribution in [2.24, 2.45) is 5.92 Å². The lowest BCUT2D eigenvalue weighted by molar-refractivity contribution is -0.119. The number of benzene rings is 1. The highest BCUT2D eigenvalue weighted by atomic mass is 32.2. The number of aromatic amines is 1. The lowest BCUT2D eigenvalue weighted by atomic mass is 10.1. The largest absolute Gasteiger partial charge is 0.325 e. The highest BCUT2D eigenvalue weighted by Gasteiger charge is 2.23. The van der Waals surface area contributed by atoms with Crippen LogP contribution in [0.4, 0.5) is 5.69 Å². The van der Waals surface area contributed by atoms with E-state index in [0.29, 0.717) is 23.0 Å². The minimum atomic E-state index is -0.315. The van der Waals surface area contributed by atoms with Crippen molar-refractivity contribution in [2.45, 2.75) is 18.5 Å². The van der Waals surface area contributed by atoms with E-state index in [1.54, 1.807) is 18.2 Å². The first-order valence-corrected chi connectivity index (χ1v) is 8.88. The third-order valence-corrected chi connectivity index (χ3v) is 4.57. The van der Waals surface area contributed by atoms with Crippen LogP contribution < -0.4 is 16.2 Å². The molecule has 0 radical (unpaired) electrons. The second-order valence-electron chi connectivity index (χ2n) is 5.47. The molecule has 1 amide bonds. The number of carbonyl (C=O) groups excluding carboxylic acids is 1. The number of para-hydroxylation sites is 1. The second-order valence-corrected chi connectivity index (χ2v) is 6.72. The van der Waals surface area contributed by atoms with Gasteiger partial charge in [-0.3, -0.25) is 14.6 Å². The fraction of sp³-hybridized carbons (Fsp3) is 0.375. The standard InChI is InChI=1S/C16H19N5O2S/c1-2-24-16-19-15(23)13(20-21-16)11-5-3-4-6-12(11)18-14(22)10-7-8-17-9-10/h3-6,10,17H,2,7-9H2,1H3,(H,18,22)(H,19,21,23)/t10-/m0/s1. The van der Waals surface area contributed by atoms with Crippen molar-refractivity contribution in [3.05, 3.63) is 34.6 Å². The van der Waals surface area contributed by atoms with Crippen LogP contribution in [0.15, 0.2) is 34.2 Å². The Bertz CT molecular complexity index is 786. The van der Waals surface area contributed by atoms with Crippen molar-refractivity contribution >= 4 is 23.4 Å². The lowest BCUT2D eigenvalue weighted by Crippen LogP contribution is -2.25. The molecular formula is C16H19N5O2S. The molecule has 1 saturated heterocycles. The highest BCUT2D eigenvalue weighted by Crippen LogP contribution is 2.25. The first-order valence-electron chi connectivity index (χ1n) is 7.89. The Hall–Kier alpha value is -2.19. The third-order valence-electron chi connectivity index (χ3n) is 3.83. The molecule has 1 aromatic carbocycles. The van der Waals surface area contributed by atoms with Crippen LogP contribution in [-0.4, -0.2) is 39.9 Å². The molecule has 0 aliphatic carbocycles. The summed E-state index contributed by atoms with van der Waals surface area (Å²) in [5.41, 5.74) is 1.03. The van der Waals surface area contributed by atoms with E-state index in [9.17, 15) is 9.59 Å². The summed E-state index contributed by atoms with van der Waals surface area (Å²) in [6.45, 7) is 3.50. The summed E-state index contributed by atoms with van der Waals surface area (Å²) in [7, 11) is 0. The quantitative estimate of drug-likeness (QED) is 0.710. The summed E-state index contributed by atoms with van der Waals surface area (Å²) in [5.74, 6) is 0.701. The van der Waals surface area contributed by atoms with Crippen molar-refractivity contribution in [2.75, 3.05) is 24.2 Å². The van der Waals surface area contributed by atoms with Gasteiger partial charge in [-0.25, -0.2) is 0 Å². The molecule has 8 heteroatoms. The molecule has 1 aromatic heterocycles. The maximum absolute atomic E-state index is 12.3. The molecule has 0 spiro atoms. The van der Waals surface area contributed by atoms with Gasteiger partial charge in [0.05, 0.1) is 11.6 Å². The van der Waals surface area contributed by atoms with Crippen molar-refractivity contribution in [1.82, 2.24) is 20.5 Å². The van der Waals surface area contributed by atoms with E-state index in [-0.39, 0.29) is 23.1 Å². The number of amides is 1. The molecule has 1 aliphatic heterocycles. The van der Waals surface area contributed by atoms with Crippen molar-refractivity contribution in [3.63, 3.8) is 0 Å². The average Bonchev–Trinajstić information content (AvgIpc) is 3.11. The molecular weight excluding hydrogens is 326 g/mol. The van der Waals surface area contributed by atoms with E-state index in [1.165, 1.54) is 11.8 Å². The first-order chi connectivity index (χ1) is 11.7. The van der Waals surface area contributed by atoms with Gasteiger partial charge in [0.2, 0.25) is 5.91 Å². The van der Waals surface area contributed by atoms with Gasteiger partial charge in [-0.1, -0.05) is 36.9 Å². The molecule has 1 aliphatic rings. The number of nitrogens with zero attached hydrogens (tertiary/aromatic N) is 2. The Morgan fingerprint density at radius 3 is 2.92 bits per heavy atom. The van der Waals surface area contributed by atoms with Gasteiger partial charge in [0.25, 0.3) is 5.56 Å². The summed E-state index contributed by atoms with van der Waals surface area (Å²) >= 11 is 1.42. The van der Waals surface area contributed by atoms with E-state index in [1.807, 2.05) is 13.0 Å². The zero-order chi connectivity index (χ0) is 16.9. The van der Waals surface area contributed by atoms with Crippen LogP contribution in [0.1, 0.15) is 13.3 Å². The number of aromatic nitrogens is 3. The molecule has 3 rings (SSSR count). The summed E-state index contributed by atoms with van der Waals surface area (Å²) in [6, 6.07) is 7.15. The normalized spacial score (nSPS) is 17.0. The number of nitrogens with one attached hydrogen (secondary N) is 3. The zero-order valence-corrected chi connectivity index (χ0v) is 14.2. The Balaban J connectivity index is 1.89. The van der Waals surface area contributed by atoms with Crippen LogP contribution in [0.3, 0.4) is 0 Å². The van der Waals surface area contributed by atoms with Crippen LogP contribution in [0.25, 0.3) is 11.3 Å². The molecule has 0 bridgehead atoms. The average molecular weight is 345 g/mol. The van der Waals surface area contributed by atoms with Gasteiger partial charge in [0.1, 0.15) is 0 Å². The molecule has 1 fully saturated rings. The molecule has 0 saturated carbocycles. The number of hydrogen-bond donors (Lipinski definition) is 3. The minimum Gasteiger partial charge on any atom is -0.325 e. The fourth-order valence-corrected chi connectivity index (χ4v) is 3.15. The summed E-state index contributed by atoms with van der Waals surface area (Å²) in [4.78, 5) is 27.4. The van der Waals surface area contributed by atoms with Crippen LogP contribution in [0.5, 0.6) is 0 Å². The summed E-state index contributed by atoms with van der Waals surface area (Å²) in [6.07, 6.45) is 0.817. The molecule has 24 heavy (non-hydrogen) atoms. The lowest BCUT2D eigenvalue weighted by Gasteiger charge is -2.13. The number of anilines is 1. The zero-order valence-electron chi connectivity index (χ0n) is 13.3. The van der Waals surface area contributed by atoms with Crippen molar-refractivity contribution in [1.29, 1.82) is 0 Å². The minimum absolute atomic E-state index is 0.0463. The highest BCUT2D eigenvalue weighted by molar-refractivity contribution is 7.99. The number of thioether (sulfide) groups is 1. The topological polar surface area (TPSA) is 99.8 Å². The number of carbonyl (C=O) groups is 1. The van der Waals surface area contributed by atoms with Gasteiger partial charge < -0.3 is 10.6 Å². The predicted octanol–water partition coefficient (Wildman–Crippen LogP) is 1.49. The SMILES string of the molecule is CCSc1nnc(-c2ccccc2NC(=O)[C@H]2CCNC2)c(=O)[nH]1. The Morgan fingerprint density at radius 1 is 1.38 bits per heavy atom. The van der Waals surface area contributed by atoms with Gasteiger partial charge in [-0.05, 0) is 24.8 Å². The van der Waals surface area contributed by atoms with Crippen LogP contribution in [0, 0.1) is 5.92 Å². The van der Waals surface area contributed by atoms with Crippen LogP contribution in [0.2, 0.25) is 0 Å². The van der Waals surface area contributed by atoms with Gasteiger partial charge >= 0.3 is 0 Å². The monoisotopic (exact) mass is 345 g/mol. The van der Waals surface area contributed by atoms with Gasteiger partial charge in [0.15, 0.2) is 10.9 Å². The molecule has 2 heterocycles.